The first-order valence-electron chi connectivity index (χ1n) is 9.10. The zero-order valence-corrected chi connectivity index (χ0v) is 15.2. The van der Waals surface area contributed by atoms with E-state index in [2.05, 4.69) is 15.2 Å². The van der Waals surface area contributed by atoms with Crippen LogP contribution < -0.4 is 10.2 Å². The first-order chi connectivity index (χ1) is 13.7. The molecule has 7 nitrogen and oxygen atoms in total. The molecule has 4 rings (SSSR count). The minimum absolute atomic E-state index is 0.0712. The fourth-order valence-corrected chi connectivity index (χ4v) is 3.18. The number of carbonyl (C=O) groups is 2. The third-order valence-electron chi connectivity index (χ3n) is 4.71. The highest BCUT2D eigenvalue weighted by molar-refractivity contribution is 6.04. The van der Waals surface area contributed by atoms with Crippen LogP contribution in [0.3, 0.4) is 0 Å². The Labute approximate surface area is 162 Å². The number of benzene rings is 1. The van der Waals surface area contributed by atoms with Crippen LogP contribution in [0.2, 0.25) is 0 Å². The largest absolute Gasteiger partial charge is 0.459 e. The lowest BCUT2D eigenvalue weighted by molar-refractivity contribution is 0.0714. The lowest BCUT2D eigenvalue weighted by Gasteiger charge is -2.35. The number of furan rings is 1. The molecule has 142 valence electrons. The van der Waals surface area contributed by atoms with Gasteiger partial charge in [0, 0.05) is 49.9 Å². The molecule has 0 radical (unpaired) electrons. The van der Waals surface area contributed by atoms with Gasteiger partial charge in [-0.15, -0.1) is 0 Å². The molecular formula is C21H20N4O3. The van der Waals surface area contributed by atoms with Crippen LogP contribution in [0, 0.1) is 0 Å². The van der Waals surface area contributed by atoms with E-state index in [1.54, 1.807) is 35.4 Å². The third-order valence-corrected chi connectivity index (χ3v) is 4.71. The Morgan fingerprint density at radius 2 is 1.75 bits per heavy atom. The van der Waals surface area contributed by atoms with Gasteiger partial charge < -0.3 is 19.5 Å². The van der Waals surface area contributed by atoms with Crippen molar-refractivity contribution < 1.29 is 14.0 Å². The molecule has 1 aliphatic heterocycles. The minimum Gasteiger partial charge on any atom is -0.459 e. The lowest BCUT2D eigenvalue weighted by Crippen LogP contribution is -2.48. The maximum Gasteiger partial charge on any atom is 0.289 e. The molecule has 0 aliphatic carbocycles. The van der Waals surface area contributed by atoms with Gasteiger partial charge in [0.2, 0.25) is 0 Å². The van der Waals surface area contributed by atoms with Gasteiger partial charge in [0.25, 0.3) is 11.8 Å². The molecule has 0 spiro atoms. The SMILES string of the molecule is O=C(Nc1ccc(N2CCN(C(=O)c3ccco3)CC2)cc1)c1cccnc1. The topological polar surface area (TPSA) is 78.7 Å². The first-order valence-corrected chi connectivity index (χ1v) is 9.10. The highest BCUT2D eigenvalue weighted by Gasteiger charge is 2.23. The fourth-order valence-electron chi connectivity index (χ4n) is 3.18. The molecule has 2 amide bonds. The Hall–Kier alpha value is -3.61. The van der Waals surface area contributed by atoms with Crippen molar-refractivity contribution in [2.75, 3.05) is 36.4 Å². The molecule has 2 aromatic heterocycles. The predicted octanol–water partition coefficient (Wildman–Crippen LogP) is 2.89. The van der Waals surface area contributed by atoms with Gasteiger partial charge in [0.05, 0.1) is 11.8 Å². The van der Waals surface area contributed by atoms with Gasteiger partial charge in [0.15, 0.2) is 5.76 Å². The Balaban J connectivity index is 1.33. The number of piperazine rings is 1. The molecule has 1 N–H and O–H groups in total. The predicted molar refractivity (Wildman–Crippen MR) is 105 cm³/mol. The summed E-state index contributed by atoms with van der Waals surface area (Å²) in [5, 5.41) is 2.87. The van der Waals surface area contributed by atoms with E-state index < -0.39 is 0 Å². The second kappa shape index (κ2) is 7.96. The summed E-state index contributed by atoms with van der Waals surface area (Å²) in [4.78, 5) is 32.5. The van der Waals surface area contributed by atoms with Gasteiger partial charge in [-0.25, -0.2) is 0 Å². The van der Waals surface area contributed by atoms with Gasteiger partial charge in [-0.05, 0) is 48.5 Å². The van der Waals surface area contributed by atoms with Crippen LogP contribution in [0.1, 0.15) is 20.9 Å². The van der Waals surface area contributed by atoms with E-state index >= 15 is 0 Å². The van der Waals surface area contributed by atoms with Gasteiger partial charge in [0.1, 0.15) is 0 Å². The van der Waals surface area contributed by atoms with E-state index in [4.69, 9.17) is 4.42 Å². The van der Waals surface area contributed by atoms with E-state index in [0.29, 0.717) is 24.4 Å². The summed E-state index contributed by atoms with van der Waals surface area (Å²) >= 11 is 0. The van der Waals surface area contributed by atoms with Crippen LogP contribution in [0.15, 0.2) is 71.6 Å². The molecule has 1 saturated heterocycles. The second-order valence-electron chi connectivity index (χ2n) is 6.50. The average Bonchev–Trinajstić information content (AvgIpc) is 3.29. The zero-order valence-electron chi connectivity index (χ0n) is 15.2. The Bertz CT molecular complexity index is 932. The molecule has 1 fully saturated rings. The number of hydrogen-bond acceptors (Lipinski definition) is 5. The Morgan fingerprint density at radius 3 is 2.39 bits per heavy atom. The van der Waals surface area contributed by atoms with Crippen molar-refractivity contribution in [2.24, 2.45) is 0 Å². The van der Waals surface area contributed by atoms with E-state index in [-0.39, 0.29) is 11.8 Å². The van der Waals surface area contributed by atoms with Crippen molar-refractivity contribution in [2.45, 2.75) is 0 Å². The number of rotatable bonds is 4. The number of amides is 2. The molecule has 0 bridgehead atoms. The monoisotopic (exact) mass is 376 g/mol. The quantitative estimate of drug-likeness (QED) is 0.757. The molecule has 7 heteroatoms. The van der Waals surface area contributed by atoms with Crippen LogP contribution in [0.5, 0.6) is 0 Å². The number of hydrogen-bond donors (Lipinski definition) is 1. The summed E-state index contributed by atoms with van der Waals surface area (Å²) in [6, 6.07) is 14.6. The van der Waals surface area contributed by atoms with Crippen LogP contribution in [0.25, 0.3) is 0 Å². The minimum atomic E-state index is -0.189. The van der Waals surface area contributed by atoms with Gasteiger partial charge in [-0.1, -0.05) is 0 Å². The molecule has 3 aromatic rings. The number of anilines is 2. The Kier molecular flexibility index (Phi) is 5.05. The molecule has 1 aliphatic rings. The van der Waals surface area contributed by atoms with Gasteiger partial charge in [-0.2, -0.15) is 0 Å². The number of carbonyl (C=O) groups excluding carboxylic acids is 2. The summed E-state index contributed by atoms with van der Waals surface area (Å²) < 4.78 is 5.19. The number of nitrogens with one attached hydrogen (secondary N) is 1. The highest BCUT2D eigenvalue weighted by atomic mass is 16.3. The number of pyridine rings is 1. The summed E-state index contributed by atoms with van der Waals surface area (Å²) in [5.41, 5.74) is 2.30. The fraction of sp³-hybridized carbons (Fsp3) is 0.190. The van der Waals surface area contributed by atoms with E-state index in [9.17, 15) is 9.59 Å². The molecule has 28 heavy (non-hydrogen) atoms. The van der Waals surface area contributed by atoms with E-state index in [1.165, 1.54) is 12.5 Å². The van der Waals surface area contributed by atoms with Crippen molar-refractivity contribution in [1.82, 2.24) is 9.88 Å². The second-order valence-corrected chi connectivity index (χ2v) is 6.50. The molecule has 0 saturated carbocycles. The maximum absolute atomic E-state index is 12.3. The van der Waals surface area contributed by atoms with Crippen molar-refractivity contribution in [3.8, 4) is 0 Å². The Morgan fingerprint density at radius 1 is 0.964 bits per heavy atom. The maximum atomic E-state index is 12.3. The molecular weight excluding hydrogens is 356 g/mol. The zero-order chi connectivity index (χ0) is 19.3. The summed E-state index contributed by atoms with van der Waals surface area (Å²) in [6.07, 6.45) is 4.68. The normalized spacial score (nSPS) is 14.0. The molecule has 0 atom stereocenters. The van der Waals surface area contributed by atoms with Crippen LogP contribution >= 0.6 is 0 Å². The number of aromatic nitrogens is 1. The van der Waals surface area contributed by atoms with Gasteiger partial charge >= 0.3 is 0 Å². The first kappa shape index (κ1) is 17.8. The third kappa shape index (κ3) is 3.88. The standard InChI is InChI=1S/C21H20N4O3/c26-20(16-3-1-9-22-15-16)23-17-5-7-18(8-6-17)24-10-12-25(13-11-24)21(27)19-4-2-14-28-19/h1-9,14-15H,10-13H2,(H,23,26). The van der Waals surface area contributed by atoms with Crippen molar-refractivity contribution >= 4 is 23.2 Å². The molecule has 3 heterocycles. The highest BCUT2D eigenvalue weighted by Crippen LogP contribution is 2.20. The lowest BCUT2D eigenvalue weighted by atomic mass is 10.2. The van der Waals surface area contributed by atoms with Crippen LogP contribution in [-0.4, -0.2) is 47.9 Å². The van der Waals surface area contributed by atoms with Crippen molar-refractivity contribution in [3.05, 3.63) is 78.5 Å². The average molecular weight is 376 g/mol. The molecule has 0 unspecified atom stereocenters. The summed E-state index contributed by atoms with van der Waals surface area (Å²) in [7, 11) is 0. The van der Waals surface area contributed by atoms with E-state index in [1.807, 2.05) is 24.3 Å². The molecule has 1 aromatic carbocycles. The van der Waals surface area contributed by atoms with Crippen LogP contribution in [-0.2, 0) is 0 Å². The van der Waals surface area contributed by atoms with Crippen LogP contribution in [0.4, 0.5) is 11.4 Å². The summed E-state index contributed by atoms with van der Waals surface area (Å²) in [6.45, 7) is 2.76. The smallest absolute Gasteiger partial charge is 0.289 e. The summed E-state index contributed by atoms with van der Waals surface area (Å²) in [5.74, 6) is 0.117. The van der Waals surface area contributed by atoms with Gasteiger partial charge in [-0.3, -0.25) is 14.6 Å². The van der Waals surface area contributed by atoms with Crippen molar-refractivity contribution in [3.63, 3.8) is 0 Å². The van der Waals surface area contributed by atoms with Crippen molar-refractivity contribution in [1.29, 1.82) is 0 Å². The number of nitrogens with zero attached hydrogens (tertiary/aromatic N) is 3. The van der Waals surface area contributed by atoms with E-state index in [0.717, 1.165) is 24.5 Å².